The highest BCUT2D eigenvalue weighted by molar-refractivity contribution is 9.10. The molecule has 1 aliphatic heterocycles. The average molecular weight is 506 g/mol. The number of ether oxygens (including phenoxy) is 1. The minimum atomic E-state index is -0.759. The second-order valence-electron chi connectivity index (χ2n) is 8.17. The Morgan fingerprint density at radius 2 is 1.67 bits per heavy atom. The number of benzene rings is 3. The second kappa shape index (κ2) is 9.24. The molecule has 5 nitrogen and oxygen atoms in total. The van der Waals surface area contributed by atoms with Gasteiger partial charge in [0.2, 0.25) is 0 Å². The molecule has 33 heavy (non-hydrogen) atoms. The smallest absolute Gasteiger partial charge is 0.300 e. The first-order chi connectivity index (χ1) is 15.8. The summed E-state index contributed by atoms with van der Waals surface area (Å²) in [4.78, 5) is 27.9. The Balaban J connectivity index is 1.94. The van der Waals surface area contributed by atoms with Gasteiger partial charge < -0.3 is 9.84 Å². The zero-order valence-electron chi connectivity index (χ0n) is 18.6. The number of hydrogen-bond acceptors (Lipinski definition) is 4. The number of rotatable bonds is 5. The van der Waals surface area contributed by atoms with Crippen LogP contribution in [0.25, 0.3) is 5.76 Å². The molecular weight excluding hydrogens is 482 g/mol. The lowest BCUT2D eigenvalue weighted by Gasteiger charge is -2.25. The van der Waals surface area contributed by atoms with E-state index in [0.29, 0.717) is 17.0 Å². The Bertz CT molecular complexity index is 1230. The zero-order valence-corrected chi connectivity index (χ0v) is 20.2. The van der Waals surface area contributed by atoms with E-state index >= 15 is 0 Å². The molecule has 0 bridgehead atoms. The van der Waals surface area contributed by atoms with Gasteiger partial charge in [0.05, 0.1) is 18.7 Å². The summed E-state index contributed by atoms with van der Waals surface area (Å²) in [6.07, 6.45) is 0. The SMILES string of the molecule is COc1ccc(/C(O)=C2/C(=O)C(=O)N(c3ccccc3)C2c2ccc(Br)cc2)cc1C(C)C. The number of nitrogens with zero attached hydrogens (tertiary/aromatic N) is 1. The molecule has 1 saturated heterocycles. The Labute approximate surface area is 201 Å². The van der Waals surface area contributed by atoms with E-state index in [1.807, 2.05) is 62.4 Å². The van der Waals surface area contributed by atoms with Crippen molar-refractivity contribution in [3.63, 3.8) is 0 Å². The predicted molar refractivity (Wildman–Crippen MR) is 132 cm³/mol. The van der Waals surface area contributed by atoms with E-state index in [1.165, 1.54) is 4.90 Å². The minimum absolute atomic E-state index is 0.0612. The number of carbonyl (C=O) groups excluding carboxylic acids is 2. The van der Waals surface area contributed by atoms with Crippen molar-refractivity contribution in [2.75, 3.05) is 12.0 Å². The monoisotopic (exact) mass is 505 g/mol. The number of para-hydroxylation sites is 1. The van der Waals surface area contributed by atoms with Gasteiger partial charge in [-0.2, -0.15) is 0 Å². The van der Waals surface area contributed by atoms with Gasteiger partial charge in [-0.25, -0.2) is 0 Å². The van der Waals surface area contributed by atoms with E-state index < -0.39 is 17.7 Å². The number of carbonyl (C=O) groups is 2. The summed E-state index contributed by atoms with van der Waals surface area (Å²) in [7, 11) is 1.60. The largest absolute Gasteiger partial charge is 0.507 e. The van der Waals surface area contributed by atoms with Gasteiger partial charge in [0, 0.05) is 15.7 Å². The van der Waals surface area contributed by atoms with Crippen molar-refractivity contribution in [3.8, 4) is 5.75 Å². The maximum absolute atomic E-state index is 13.3. The molecule has 0 aromatic heterocycles. The number of ketones is 1. The van der Waals surface area contributed by atoms with E-state index in [-0.39, 0.29) is 17.3 Å². The summed E-state index contributed by atoms with van der Waals surface area (Å²) in [5, 5.41) is 11.4. The summed E-state index contributed by atoms with van der Waals surface area (Å²) < 4.78 is 6.32. The fraction of sp³-hybridized carbons (Fsp3) is 0.185. The Morgan fingerprint density at radius 3 is 2.27 bits per heavy atom. The first kappa shape index (κ1) is 22.8. The third-order valence-electron chi connectivity index (χ3n) is 5.79. The van der Waals surface area contributed by atoms with E-state index in [2.05, 4.69) is 15.9 Å². The summed E-state index contributed by atoms with van der Waals surface area (Å²) in [6, 6.07) is 20.9. The number of amides is 1. The van der Waals surface area contributed by atoms with Crippen LogP contribution in [0, 0.1) is 0 Å². The molecule has 0 radical (unpaired) electrons. The van der Waals surface area contributed by atoms with Crippen molar-refractivity contribution < 1.29 is 19.4 Å². The van der Waals surface area contributed by atoms with Crippen LogP contribution < -0.4 is 9.64 Å². The molecule has 168 valence electrons. The average Bonchev–Trinajstić information content (AvgIpc) is 3.09. The molecule has 1 aliphatic rings. The number of hydrogen-bond donors (Lipinski definition) is 1. The fourth-order valence-electron chi connectivity index (χ4n) is 4.14. The van der Waals surface area contributed by atoms with Gasteiger partial charge in [0.1, 0.15) is 11.5 Å². The van der Waals surface area contributed by atoms with Gasteiger partial charge in [-0.1, -0.05) is 60.1 Å². The number of anilines is 1. The maximum atomic E-state index is 13.3. The molecule has 4 rings (SSSR count). The van der Waals surface area contributed by atoms with Crippen molar-refractivity contribution in [1.29, 1.82) is 0 Å². The highest BCUT2D eigenvalue weighted by atomic mass is 79.9. The second-order valence-corrected chi connectivity index (χ2v) is 9.08. The lowest BCUT2D eigenvalue weighted by atomic mass is 9.93. The third kappa shape index (κ3) is 4.18. The lowest BCUT2D eigenvalue weighted by Crippen LogP contribution is -2.29. The van der Waals surface area contributed by atoms with Crippen molar-refractivity contribution in [3.05, 3.63) is 99.5 Å². The van der Waals surface area contributed by atoms with Crippen molar-refractivity contribution in [2.24, 2.45) is 0 Å². The molecule has 3 aromatic rings. The molecule has 0 saturated carbocycles. The van der Waals surface area contributed by atoms with Crippen LogP contribution in [0.1, 0.15) is 42.5 Å². The molecule has 1 amide bonds. The number of aliphatic hydroxyl groups is 1. The molecule has 0 spiro atoms. The summed E-state index contributed by atoms with van der Waals surface area (Å²) in [5.74, 6) is -0.749. The van der Waals surface area contributed by atoms with E-state index in [9.17, 15) is 14.7 Å². The summed E-state index contributed by atoms with van der Waals surface area (Å²) in [6.45, 7) is 4.05. The molecule has 1 fully saturated rings. The highest BCUT2D eigenvalue weighted by Gasteiger charge is 2.46. The van der Waals surface area contributed by atoms with Gasteiger partial charge in [-0.15, -0.1) is 0 Å². The lowest BCUT2D eigenvalue weighted by molar-refractivity contribution is -0.132. The van der Waals surface area contributed by atoms with Crippen LogP contribution in [-0.2, 0) is 9.59 Å². The molecule has 1 atom stereocenters. The van der Waals surface area contributed by atoms with Crippen LogP contribution >= 0.6 is 15.9 Å². The Kier molecular flexibility index (Phi) is 6.38. The molecular formula is C27H24BrNO4. The first-order valence-corrected chi connectivity index (χ1v) is 11.4. The van der Waals surface area contributed by atoms with Gasteiger partial charge in [0.25, 0.3) is 11.7 Å². The van der Waals surface area contributed by atoms with Crippen LogP contribution in [0.4, 0.5) is 5.69 Å². The van der Waals surface area contributed by atoms with Gasteiger partial charge >= 0.3 is 0 Å². The molecule has 1 heterocycles. The number of aliphatic hydroxyl groups excluding tert-OH is 1. The Morgan fingerprint density at radius 1 is 1.00 bits per heavy atom. The molecule has 0 aliphatic carbocycles. The zero-order chi connectivity index (χ0) is 23.7. The highest BCUT2D eigenvalue weighted by Crippen LogP contribution is 2.43. The van der Waals surface area contributed by atoms with Gasteiger partial charge in [-0.3, -0.25) is 14.5 Å². The van der Waals surface area contributed by atoms with Crippen LogP contribution in [-0.4, -0.2) is 23.9 Å². The quantitative estimate of drug-likeness (QED) is 0.254. The summed E-state index contributed by atoms with van der Waals surface area (Å²) in [5.41, 5.74) is 2.74. The van der Waals surface area contributed by atoms with Crippen molar-refractivity contribution in [2.45, 2.75) is 25.8 Å². The van der Waals surface area contributed by atoms with E-state index in [0.717, 1.165) is 15.6 Å². The number of Topliss-reactive ketones (excluding diaryl/α,β-unsaturated/α-hetero) is 1. The van der Waals surface area contributed by atoms with E-state index in [4.69, 9.17) is 4.74 Å². The van der Waals surface area contributed by atoms with Crippen molar-refractivity contribution >= 4 is 39.1 Å². The predicted octanol–water partition coefficient (Wildman–Crippen LogP) is 6.21. The van der Waals surface area contributed by atoms with Gasteiger partial charge in [-0.05, 0) is 59.5 Å². The molecule has 6 heteroatoms. The Hall–Kier alpha value is -3.38. The number of methoxy groups -OCH3 is 1. The standard InChI is InChI=1S/C27H24BrNO4/c1-16(2)21-15-18(11-14-22(21)33-3)25(30)23-24(17-9-12-19(28)13-10-17)29(27(32)26(23)31)20-7-5-4-6-8-20/h4-16,24,30H,1-3H3/b25-23-. The molecule has 3 aromatic carbocycles. The third-order valence-corrected chi connectivity index (χ3v) is 6.32. The van der Waals surface area contributed by atoms with Crippen LogP contribution in [0.5, 0.6) is 5.75 Å². The van der Waals surface area contributed by atoms with E-state index in [1.54, 1.807) is 31.4 Å². The van der Waals surface area contributed by atoms with Crippen LogP contribution in [0.3, 0.4) is 0 Å². The van der Waals surface area contributed by atoms with Gasteiger partial charge in [0.15, 0.2) is 0 Å². The molecule has 1 unspecified atom stereocenters. The first-order valence-electron chi connectivity index (χ1n) is 10.6. The number of halogens is 1. The summed E-state index contributed by atoms with van der Waals surface area (Å²) >= 11 is 3.43. The van der Waals surface area contributed by atoms with Crippen LogP contribution in [0.15, 0.2) is 82.8 Å². The topological polar surface area (TPSA) is 66.8 Å². The van der Waals surface area contributed by atoms with Crippen molar-refractivity contribution in [1.82, 2.24) is 0 Å². The normalized spacial score (nSPS) is 17.6. The fourth-order valence-corrected chi connectivity index (χ4v) is 4.40. The van der Waals surface area contributed by atoms with Crippen LogP contribution in [0.2, 0.25) is 0 Å². The maximum Gasteiger partial charge on any atom is 0.300 e. The molecule has 1 N–H and O–H groups in total. The minimum Gasteiger partial charge on any atom is -0.507 e.